The number of piperidine rings is 1. The molecular weight excluding hydrogens is 232 g/mol. The first kappa shape index (κ1) is 12.7. The van der Waals surface area contributed by atoms with Crippen molar-refractivity contribution in [3.63, 3.8) is 0 Å². The Morgan fingerprint density at radius 3 is 2.95 bits per heavy atom. The molecule has 0 bridgehead atoms. The highest BCUT2D eigenvalue weighted by atomic mass is 14.9. The molecule has 1 fully saturated rings. The molecule has 3 rings (SSSR count). The predicted octanol–water partition coefficient (Wildman–Crippen LogP) is 3.83. The zero-order valence-corrected chi connectivity index (χ0v) is 12.0. The van der Waals surface area contributed by atoms with Gasteiger partial charge >= 0.3 is 0 Å². The average molecular weight is 256 g/mol. The van der Waals surface area contributed by atoms with Crippen LogP contribution in [0.4, 0.5) is 0 Å². The molecule has 1 unspecified atom stereocenters. The predicted molar refractivity (Wildman–Crippen MR) is 81.7 cm³/mol. The van der Waals surface area contributed by atoms with E-state index in [2.05, 4.69) is 48.5 Å². The second-order valence-electron chi connectivity index (χ2n) is 6.19. The Balaban J connectivity index is 1.87. The molecule has 19 heavy (non-hydrogen) atoms. The second kappa shape index (κ2) is 5.38. The molecule has 1 aliphatic rings. The van der Waals surface area contributed by atoms with Gasteiger partial charge in [-0.05, 0) is 67.4 Å². The smallest absolute Gasteiger partial charge is 0.0456 e. The van der Waals surface area contributed by atoms with Gasteiger partial charge in [-0.25, -0.2) is 0 Å². The minimum absolute atomic E-state index is 0.600. The average Bonchev–Trinajstić information content (AvgIpc) is 2.82. The Labute approximate surface area is 115 Å². The quantitative estimate of drug-likeness (QED) is 0.858. The van der Waals surface area contributed by atoms with Crippen LogP contribution >= 0.6 is 0 Å². The van der Waals surface area contributed by atoms with Gasteiger partial charge in [0.1, 0.15) is 0 Å². The number of benzene rings is 1. The summed E-state index contributed by atoms with van der Waals surface area (Å²) in [5.74, 6) is 1.40. The first-order chi connectivity index (χ1) is 9.24. The molecule has 0 amide bonds. The van der Waals surface area contributed by atoms with Crippen molar-refractivity contribution in [3.05, 3.63) is 35.5 Å². The third kappa shape index (κ3) is 2.69. The highest BCUT2D eigenvalue weighted by molar-refractivity contribution is 5.84. The number of rotatable bonds is 3. The molecule has 0 spiro atoms. The van der Waals surface area contributed by atoms with Crippen LogP contribution < -0.4 is 5.32 Å². The van der Waals surface area contributed by atoms with Gasteiger partial charge in [-0.2, -0.15) is 0 Å². The first-order valence-electron chi connectivity index (χ1n) is 7.54. The minimum atomic E-state index is 0.600. The summed E-state index contributed by atoms with van der Waals surface area (Å²) in [6.07, 6.45) is 6.10. The van der Waals surface area contributed by atoms with Crippen LogP contribution in [0.5, 0.6) is 0 Å². The van der Waals surface area contributed by atoms with Gasteiger partial charge in [-0.3, -0.25) is 0 Å². The first-order valence-corrected chi connectivity index (χ1v) is 7.54. The molecule has 1 aromatic carbocycles. The Bertz CT molecular complexity index is 547. The van der Waals surface area contributed by atoms with Crippen molar-refractivity contribution in [2.24, 2.45) is 5.92 Å². The van der Waals surface area contributed by atoms with Gasteiger partial charge in [0.15, 0.2) is 0 Å². The Hall–Kier alpha value is -1.28. The number of fused-ring (bicyclic) bond motifs is 1. The zero-order valence-electron chi connectivity index (χ0n) is 12.0. The molecule has 2 N–H and O–H groups in total. The van der Waals surface area contributed by atoms with Crippen LogP contribution in [-0.4, -0.2) is 18.1 Å². The number of H-pyrrole nitrogens is 1. The lowest BCUT2D eigenvalue weighted by molar-refractivity contribution is 0.377. The van der Waals surface area contributed by atoms with Crippen molar-refractivity contribution >= 4 is 10.9 Å². The van der Waals surface area contributed by atoms with Crippen LogP contribution in [0.15, 0.2) is 24.4 Å². The lowest BCUT2D eigenvalue weighted by Gasteiger charge is -2.22. The molecule has 2 heteroatoms. The van der Waals surface area contributed by atoms with Crippen LogP contribution in [0.1, 0.15) is 43.7 Å². The molecule has 1 atom stereocenters. The van der Waals surface area contributed by atoms with E-state index < -0.39 is 0 Å². The fraction of sp³-hybridized carbons (Fsp3) is 0.529. The molecule has 2 heterocycles. The normalized spacial score (nSPS) is 20.3. The van der Waals surface area contributed by atoms with Gasteiger partial charge in [-0.15, -0.1) is 0 Å². The van der Waals surface area contributed by atoms with Crippen molar-refractivity contribution in [2.75, 3.05) is 13.1 Å². The fourth-order valence-electron chi connectivity index (χ4n) is 3.13. The maximum atomic E-state index is 3.51. The zero-order chi connectivity index (χ0) is 13.2. The summed E-state index contributed by atoms with van der Waals surface area (Å²) < 4.78 is 0. The minimum Gasteiger partial charge on any atom is -0.361 e. The van der Waals surface area contributed by atoms with Crippen molar-refractivity contribution in [1.29, 1.82) is 0 Å². The molecule has 2 aromatic rings. The topological polar surface area (TPSA) is 27.8 Å². The SMILES string of the molecule is CC(C)c1ccc2[nH]cc(CC3CCCNC3)c2c1. The lowest BCUT2D eigenvalue weighted by atomic mass is 9.91. The number of aromatic nitrogens is 1. The van der Waals surface area contributed by atoms with E-state index in [0.29, 0.717) is 5.92 Å². The number of hydrogen-bond donors (Lipinski definition) is 2. The number of nitrogens with one attached hydrogen (secondary N) is 2. The highest BCUT2D eigenvalue weighted by Gasteiger charge is 2.15. The van der Waals surface area contributed by atoms with E-state index in [1.165, 1.54) is 54.4 Å². The van der Waals surface area contributed by atoms with Gasteiger partial charge < -0.3 is 10.3 Å². The van der Waals surface area contributed by atoms with Crippen molar-refractivity contribution in [1.82, 2.24) is 10.3 Å². The van der Waals surface area contributed by atoms with Crippen LogP contribution in [0.25, 0.3) is 10.9 Å². The van der Waals surface area contributed by atoms with Crippen LogP contribution in [0.3, 0.4) is 0 Å². The van der Waals surface area contributed by atoms with Crippen molar-refractivity contribution in [2.45, 2.75) is 39.0 Å². The van der Waals surface area contributed by atoms with E-state index in [9.17, 15) is 0 Å². The van der Waals surface area contributed by atoms with Gasteiger partial charge in [-0.1, -0.05) is 19.9 Å². The summed E-state index contributed by atoms with van der Waals surface area (Å²) in [4.78, 5) is 3.42. The summed E-state index contributed by atoms with van der Waals surface area (Å²) in [6.45, 7) is 6.90. The monoisotopic (exact) mass is 256 g/mol. The van der Waals surface area contributed by atoms with Gasteiger partial charge in [0.05, 0.1) is 0 Å². The molecule has 2 nitrogen and oxygen atoms in total. The summed E-state index contributed by atoms with van der Waals surface area (Å²) in [5, 5.41) is 4.94. The third-order valence-corrected chi connectivity index (χ3v) is 4.37. The largest absolute Gasteiger partial charge is 0.361 e. The van der Waals surface area contributed by atoms with E-state index in [-0.39, 0.29) is 0 Å². The molecule has 102 valence electrons. The molecule has 1 saturated heterocycles. The maximum Gasteiger partial charge on any atom is 0.0456 e. The van der Waals surface area contributed by atoms with Crippen LogP contribution in [0.2, 0.25) is 0 Å². The number of aromatic amines is 1. The maximum absolute atomic E-state index is 3.51. The third-order valence-electron chi connectivity index (χ3n) is 4.37. The molecule has 1 aliphatic heterocycles. The molecular formula is C17H24N2. The van der Waals surface area contributed by atoms with E-state index in [4.69, 9.17) is 0 Å². The van der Waals surface area contributed by atoms with Crippen molar-refractivity contribution in [3.8, 4) is 0 Å². The van der Waals surface area contributed by atoms with Crippen LogP contribution in [-0.2, 0) is 6.42 Å². The lowest BCUT2D eigenvalue weighted by Crippen LogP contribution is -2.30. The molecule has 0 saturated carbocycles. The summed E-state index contributed by atoms with van der Waals surface area (Å²) >= 11 is 0. The van der Waals surface area contributed by atoms with E-state index in [1.54, 1.807) is 0 Å². The van der Waals surface area contributed by atoms with E-state index in [0.717, 1.165) is 5.92 Å². The standard InChI is InChI=1S/C17H24N2/c1-12(2)14-5-6-17-16(9-14)15(11-19-17)8-13-4-3-7-18-10-13/h5-6,9,11-13,18-19H,3-4,7-8,10H2,1-2H3. The molecule has 0 radical (unpaired) electrons. The fourth-order valence-corrected chi connectivity index (χ4v) is 3.13. The van der Waals surface area contributed by atoms with Crippen LogP contribution in [0, 0.1) is 5.92 Å². The number of hydrogen-bond acceptors (Lipinski definition) is 1. The van der Waals surface area contributed by atoms with Gasteiger partial charge in [0.2, 0.25) is 0 Å². The summed E-state index contributed by atoms with van der Waals surface area (Å²) in [6, 6.07) is 6.85. The summed E-state index contributed by atoms with van der Waals surface area (Å²) in [5.41, 5.74) is 4.21. The Kier molecular flexibility index (Phi) is 3.61. The van der Waals surface area contributed by atoms with Gasteiger partial charge in [0.25, 0.3) is 0 Å². The highest BCUT2D eigenvalue weighted by Crippen LogP contribution is 2.26. The van der Waals surface area contributed by atoms with E-state index >= 15 is 0 Å². The van der Waals surface area contributed by atoms with Gasteiger partial charge in [0, 0.05) is 17.1 Å². The Morgan fingerprint density at radius 1 is 1.32 bits per heavy atom. The second-order valence-corrected chi connectivity index (χ2v) is 6.19. The summed E-state index contributed by atoms with van der Waals surface area (Å²) in [7, 11) is 0. The van der Waals surface area contributed by atoms with E-state index in [1.807, 2.05) is 0 Å². The van der Waals surface area contributed by atoms with Crippen molar-refractivity contribution < 1.29 is 0 Å². The molecule has 0 aliphatic carbocycles. The Morgan fingerprint density at radius 2 is 2.21 bits per heavy atom. The molecule has 1 aromatic heterocycles.